The molecule has 5 heteroatoms. The summed E-state index contributed by atoms with van der Waals surface area (Å²) < 4.78 is 0. The van der Waals surface area contributed by atoms with E-state index < -0.39 is 5.54 Å². The molecular formula is C19H25N3OS. The molecule has 0 saturated heterocycles. The van der Waals surface area contributed by atoms with E-state index in [2.05, 4.69) is 22.4 Å². The van der Waals surface area contributed by atoms with Crippen molar-refractivity contribution in [2.24, 2.45) is 5.73 Å². The second kappa shape index (κ2) is 7.03. The summed E-state index contributed by atoms with van der Waals surface area (Å²) in [5.74, 6) is -0.0243. The minimum atomic E-state index is -0.701. The van der Waals surface area contributed by atoms with Gasteiger partial charge in [0.25, 0.3) is 0 Å². The minimum absolute atomic E-state index is 0.0243. The Bertz CT molecular complexity index is 705. The summed E-state index contributed by atoms with van der Waals surface area (Å²) in [7, 11) is 0. The number of hydrogen-bond acceptors (Lipinski definition) is 4. The van der Waals surface area contributed by atoms with Gasteiger partial charge < -0.3 is 11.1 Å². The molecule has 4 nitrogen and oxygen atoms in total. The van der Waals surface area contributed by atoms with Crippen LogP contribution in [-0.4, -0.2) is 16.4 Å². The van der Waals surface area contributed by atoms with Crippen LogP contribution in [0.3, 0.4) is 0 Å². The summed E-state index contributed by atoms with van der Waals surface area (Å²) in [5.41, 5.74) is 7.72. The summed E-state index contributed by atoms with van der Waals surface area (Å²) in [6.45, 7) is 4.01. The van der Waals surface area contributed by atoms with Gasteiger partial charge in [0.2, 0.25) is 5.91 Å². The number of nitrogens with two attached hydrogens (primary N) is 1. The largest absolute Gasteiger partial charge is 0.347 e. The third-order valence-electron chi connectivity index (χ3n) is 4.79. The third kappa shape index (κ3) is 3.52. The smallest absolute Gasteiger partial charge is 0.240 e. The molecule has 1 fully saturated rings. The molecule has 24 heavy (non-hydrogen) atoms. The monoisotopic (exact) mass is 343 g/mol. The number of aryl methyl sites for hydroxylation is 1. The lowest BCUT2D eigenvalue weighted by Crippen LogP contribution is -2.55. The molecule has 1 unspecified atom stereocenters. The van der Waals surface area contributed by atoms with Gasteiger partial charge in [-0.3, -0.25) is 4.79 Å². The lowest BCUT2D eigenvalue weighted by Gasteiger charge is -2.32. The molecular weight excluding hydrogens is 318 g/mol. The lowest BCUT2D eigenvalue weighted by atomic mass is 9.82. The average Bonchev–Trinajstić information content (AvgIpc) is 2.98. The van der Waals surface area contributed by atoms with Gasteiger partial charge in [-0.1, -0.05) is 49.6 Å². The number of thiazole rings is 1. The Hall–Kier alpha value is -1.72. The first-order valence-electron chi connectivity index (χ1n) is 8.62. The second-order valence-electron chi connectivity index (χ2n) is 6.75. The molecule has 1 aliphatic carbocycles. The fourth-order valence-corrected chi connectivity index (χ4v) is 4.40. The van der Waals surface area contributed by atoms with E-state index in [-0.39, 0.29) is 11.9 Å². The van der Waals surface area contributed by atoms with Crippen molar-refractivity contribution in [3.05, 3.63) is 40.9 Å². The van der Waals surface area contributed by atoms with Crippen LogP contribution >= 0.6 is 11.3 Å². The van der Waals surface area contributed by atoms with Crippen LogP contribution in [-0.2, 0) is 4.79 Å². The Morgan fingerprint density at radius 1 is 1.25 bits per heavy atom. The molecule has 1 heterocycles. The number of amides is 1. The van der Waals surface area contributed by atoms with Crippen molar-refractivity contribution in [1.82, 2.24) is 10.3 Å². The van der Waals surface area contributed by atoms with E-state index in [1.54, 1.807) is 11.3 Å². The van der Waals surface area contributed by atoms with Crippen molar-refractivity contribution < 1.29 is 4.79 Å². The average molecular weight is 343 g/mol. The van der Waals surface area contributed by atoms with Crippen LogP contribution in [0.5, 0.6) is 0 Å². The van der Waals surface area contributed by atoms with Crippen molar-refractivity contribution >= 4 is 17.2 Å². The highest BCUT2D eigenvalue weighted by Gasteiger charge is 2.36. The Balaban J connectivity index is 1.74. The number of rotatable bonds is 4. The first kappa shape index (κ1) is 17.1. The van der Waals surface area contributed by atoms with E-state index >= 15 is 0 Å². The van der Waals surface area contributed by atoms with Gasteiger partial charge in [0.1, 0.15) is 5.01 Å². The number of aromatic nitrogens is 1. The molecule has 0 bridgehead atoms. The van der Waals surface area contributed by atoms with Crippen LogP contribution in [0.15, 0.2) is 30.3 Å². The van der Waals surface area contributed by atoms with Crippen molar-refractivity contribution in [2.75, 3.05) is 0 Å². The van der Waals surface area contributed by atoms with Crippen molar-refractivity contribution in [3.8, 4) is 10.6 Å². The number of nitrogens with zero attached hydrogens (tertiary/aromatic N) is 1. The summed E-state index contributed by atoms with van der Waals surface area (Å²) in [6.07, 6.45) is 4.81. The zero-order valence-corrected chi connectivity index (χ0v) is 15.2. The molecule has 1 aromatic heterocycles. The third-order valence-corrected chi connectivity index (χ3v) is 6.18. The first-order valence-corrected chi connectivity index (χ1v) is 9.44. The number of carbonyl (C=O) groups excluding carboxylic acids is 1. The zero-order chi connectivity index (χ0) is 17.2. The number of carbonyl (C=O) groups is 1. The fourth-order valence-electron chi connectivity index (χ4n) is 3.33. The molecule has 1 saturated carbocycles. The summed E-state index contributed by atoms with van der Waals surface area (Å²) in [4.78, 5) is 18.4. The van der Waals surface area contributed by atoms with Gasteiger partial charge in [-0.15, -0.1) is 11.3 Å². The summed E-state index contributed by atoms with van der Waals surface area (Å²) in [6, 6.07) is 10.1. The molecule has 1 aromatic carbocycles. The van der Waals surface area contributed by atoms with Gasteiger partial charge in [-0.2, -0.15) is 0 Å². The highest BCUT2D eigenvalue weighted by atomic mass is 32.1. The predicted molar refractivity (Wildman–Crippen MR) is 98.8 cm³/mol. The molecule has 128 valence electrons. The topological polar surface area (TPSA) is 68.0 Å². The minimum Gasteiger partial charge on any atom is -0.347 e. The van der Waals surface area contributed by atoms with Crippen LogP contribution in [0.1, 0.15) is 55.6 Å². The molecule has 3 N–H and O–H groups in total. The summed E-state index contributed by atoms with van der Waals surface area (Å²) >= 11 is 1.64. The van der Waals surface area contributed by atoms with E-state index in [1.165, 1.54) is 6.42 Å². The van der Waals surface area contributed by atoms with Crippen molar-refractivity contribution in [1.29, 1.82) is 0 Å². The Morgan fingerprint density at radius 3 is 2.58 bits per heavy atom. The molecule has 1 amide bonds. The molecule has 2 aromatic rings. The van der Waals surface area contributed by atoms with Gasteiger partial charge in [-0.05, 0) is 26.7 Å². The zero-order valence-electron chi connectivity index (χ0n) is 14.3. The highest BCUT2D eigenvalue weighted by Crippen LogP contribution is 2.32. The van der Waals surface area contributed by atoms with Crippen molar-refractivity contribution in [3.63, 3.8) is 0 Å². The Labute approximate surface area is 147 Å². The number of hydrogen-bond donors (Lipinski definition) is 2. The van der Waals surface area contributed by atoms with Crippen LogP contribution in [0, 0.1) is 6.92 Å². The van der Waals surface area contributed by atoms with Crippen LogP contribution < -0.4 is 11.1 Å². The number of nitrogens with one attached hydrogen (secondary N) is 1. The lowest BCUT2D eigenvalue weighted by molar-refractivity contribution is -0.128. The van der Waals surface area contributed by atoms with E-state index in [0.717, 1.165) is 46.8 Å². The molecule has 0 aliphatic heterocycles. The molecule has 1 aliphatic rings. The van der Waals surface area contributed by atoms with Crippen LogP contribution in [0.25, 0.3) is 10.6 Å². The van der Waals surface area contributed by atoms with Gasteiger partial charge in [0.05, 0.1) is 22.2 Å². The SMILES string of the molecule is Cc1nc(-c2ccccc2)sc1C(C)NC(=O)C1(N)CCCCC1. The normalized spacial score (nSPS) is 18.1. The van der Waals surface area contributed by atoms with Crippen LogP contribution in [0.4, 0.5) is 0 Å². The summed E-state index contributed by atoms with van der Waals surface area (Å²) in [5, 5.41) is 4.11. The quantitative estimate of drug-likeness (QED) is 0.883. The maximum atomic E-state index is 12.6. The maximum absolute atomic E-state index is 12.6. The standard InChI is InChI=1S/C19H25N3OS/c1-13-16(24-17(21-13)15-9-5-3-6-10-15)14(2)22-18(23)19(20)11-7-4-8-12-19/h3,5-6,9-10,14H,4,7-8,11-12,20H2,1-2H3,(H,22,23). The Kier molecular flexibility index (Phi) is 5.01. The second-order valence-corrected chi connectivity index (χ2v) is 7.78. The molecule has 0 spiro atoms. The van der Waals surface area contributed by atoms with E-state index in [4.69, 9.17) is 5.73 Å². The van der Waals surface area contributed by atoms with E-state index in [9.17, 15) is 4.79 Å². The molecule has 1 atom stereocenters. The van der Waals surface area contributed by atoms with Crippen molar-refractivity contribution in [2.45, 2.75) is 57.5 Å². The van der Waals surface area contributed by atoms with E-state index in [0.29, 0.717) is 0 Å². The van der Waals surface area contributed by atoms with Gasteiger partial charge in [-0.25, -0.2) is 4.98 Å². The molecule has 0 radical (unpaired) electrons. The van der Waals surface area contributed by atoms with Gasteiger partial charge >= 0.3 is 0 Å². The first-order chi connectivity index (χ1) is 11.5. The predicted octanol–water partition coefficient (Wildman–Crippen LogP) is 3.96. The highest BCUT2D eigenvalue weighted by molar-refractivity contribution is 7.15. The maximum Gasteiger partial charge on any atom is 0.240 e. The van der Waals surface area contributed by atoms with Gasteiger partial charge in [0.15, 0.2) is 0 Å². The van der Waals surface area contributed by atoms with E-state index in [1.807, 2.05) is 32.0 Å². The van der Waals surface area contributed by atoms with Crippen LogP contribution in [0.2, 0.25) is 0 Å². The molecule has 3 rings (SSSR count). The fraction of sp³-hybridized carbons (Fsp3) is 0.474. The number of benzene rings is 1. The van der Waals surface area contributed by atoms with Gasteiger partial charge in [0, 0.05) is 5.56 Å². The Morgan fingerprint density at radius 2 is 1.92 bits per heavy atom.